The third-order valence-electron chi connectivity index (χ3n) is 4.40. The van der Waals surface area contributed by atoms with E-state index in [4.69, 9.17) is 4.74 Å². The number of piperidine rings is 1. The van der Waals surface area contributed by atoms with E-state index in [1.54, 1.807) is 13.1 Å². The molecule has 1 aromatic carbocycles. The van der Waals surface area contributed by atoms with E-state index in [1.807, 2.05) is 12.1 Å². The molecule has 1 aromatic heterocycles. The van der Waals surface area contributed by atoms with E-state index in [9.17, 15) is 19.2 Å². The molecule has 25 heavy (non-hydrogen) atoms. The van der Waals surface area contributed by atoms with E-state index < -0.39 is 11.9 Å². The Labute approximate surface area is 143 Å². The van der Waals surface area contributed by atoms with Crippen LogP contribution in [0, 0.1) is 0 Å². The summed E-state index contributed by atoms with van der Waals surface area (Å²) in [6, 6.07) is 4.86. The van der Waals surface area contributed by atoms with Crippen molar-refractivity contribution in [1.82, 2.24) is 14.5 Å². The predicted octanol–water partition coefficient (Wildman–Crippen LogP) is 0.0757. The molecule has 1 N–H and O–H groups in total. The summed E-state index contributed by atoms with van der Waals surface area (Å²) in [5.74, 6) is -0.760. The molecule has 1 aliphatic rings. The first-order valence-electron chi connectivity index (χ1n) is 8.08. The van der Waals surface area contributed by atoms with Crippen molar-refractivity contribution in [3.63, 3.8) is 0 Å². The number of aldehydes is 1. The fourth-order valence-corrected chi connectivity index (χ4v) is 3.12. The summed E-state index contributed by atoms with van der Waals surface area (Å²) in [5.41, 5.74) is 2.04. The number of aromatic nitrogens is 2. The lowest BCUT2D eigenvalue weighted by molar-refractivity contribution is -0.135. The van der Waals surface area contributed by atoms with Crippen molar-refractivity contribution in [2.24, 2.45) is 7.05 Å². The lowest BCUT2D eigenvalue weighted by Gasteiger charge is -2.21. The molecule has 8 nitrogen and oxygen atoms in total. The van der Waals surface area contributed by atoms with Gasteiger partial charge in [-0.05, 0) is 30.5 Å². The van der Waals surface area contributed by atoms with Crippen molar-refractivity contribution in [3.8, 4) is 0 Å². The van der Waals surface area contributed by atoms with Crippen molar-refractivity contribution in [3.05, 3.63) is 34.2 Å². The van der Waals surface area contributed by atoms with Crippen molar-refractivity contribution in [2.75, 3.05) is 13.2 Å². The van der Waals surface area contributed by atoms with E-state index >= 15 is 0 Å². The average molecular weight is 345 g/mol. The van der Waals surface area contributed by atoms with Crippen molar-refractivity contribution in [2.45, 2.75) is 25.3 Å². The van der Waals surface area contributed by atoms with Crippen molar-refractivity contribution in [1.29, 1.82) is 0 Å². The lowest BCUT2D eigenvalue weighted by Crippen LogP contribution is -2.44. The fourth-order valence-electron chi connectivity index (χ4n) is 3.12. The van der Waals surface area contributed by atoms with Gasteiger partial charge in [-0.15, -0.1) is 0 Å². The van der Waals surface area contributed by atoms with Crippen LogP contribution in [0.1, 0.15) is 24.4 Å². The summed E-state index contributed by atoms with van der Waals surface area (Å²) >= 11 is 0. The number of carbonyl (C=O) groups is 3. The van der Waals surface area contributed by atoms with Gasteiger partial charge in [0.2, 0.25) is 11.8 Å². The van der Waals surface area contributed by atoms with Gasteiger partial charge in [0.05, 0.1) is 17.6 Å². The molecule has 2 aromatic rings. The molecule has 132 valence electrons. The van der Waals surface area contributed by atoms with E-state index in [1.165, 1.54) is 9.13 Å². The third kappa shape index (κ3) is 3.25. The van der Waals surface area contributed by atoms with Gasteiger partial charge in [0.15, 0.2) is 0 Å². The zero-order valence-electron chi connectivity index (χ0n) is 13.9. The highest BCUT2D eigenvalue weighted by atomic mass is 16.5. The van der Waals surface area contributed by atoms with Gasteiger partial charge in [-0.1, -0.05) is 6.07 Å². The number of hydrogen-bond acceptors (Lipinski definition) is 5. The van der Waals surface area contributed by atoms with Gasteiger partial charge in [0.1, 0.15) is 18.9 Å². The van der Waals surface area contributed by atoms with Gasteiger partial charge in [-0.25, -0.2) is 4.79 Å². The average Bonchev–Trinajstić information content (AvgIpc) is 2.83. The van der Waals surface area contributed by atoms with Crippen LogP contribution >= 0.6 is 0 Å². The predicted molar refractivity (Wildman–Crippen MR) is 89.2 cm³/mol. The minimum Gasteiger partial charge on any atom is -0.374 e. The molecule has 0 saturated carbocycles. The quantitative estimate of drug-likeness (QED) is 0.454. The van der Waals surface area contributed by atoms with E-state index in [-0.39, 0.29) is 24.6 Å². The second-order valence-electron chi connectivity index (χ2n) is 5.99. The molecule has 1 fully saturated rings. The monoisotopic (exact) mass is 345 g/mol. The number of nitrogens with zero attached hydrogens (tertiary/aromatic N) is 2. The largest absolute Gasteiger partial charge is 0.374 e. The number of aryl methyl sites for hydroxylation is 1. The molecule has 0 spiro atoms. The molecule has 8 heteroatoms. The van der Waals surface area contributed by atoms with Crippen LogP contribution in [0.15, 0.2) is 23.0 Å². The standard InChI is InChI=1S/C17H19N3O5/c1-19-14-10-11(6-8-25-9-7-21)2-3-12(14)20(17(19)24)13-4-5-15(22)18-16(13)23/h2-3,7,10,13H,4-6,8-9H2,1H3,(H,18,22,23). The highest BCUT2D eigenvalue weighted by Crippen LogP contribution is 2.23. The molecule has 0 aliphatic carbocycles. The van der Waals surface area contributed by atoms with Crippen LogP contribution in [-0.2, 0) is 32.6 Å². The van der Waals surface area contributed by atoms with Gasteiger partial charge >= 0.3 is 5.69 Å². The molecule has 2 amide bonds. The summed E-state index contributed by atoms with van der Waals surface area (Å²) in [5, 5.41) is 2.29. The van der Waals surface area contributed by atoms with Crippen LogP contribution in [0.4, 0.5) is 0 Å². The Kier molecular flexibility index (Phi) is 4.80. The van der Waals surface area contributed by atoms with Gasteiger partial charge in [-0.2, -0.15) is 0 Å². The van der Waals surface area contributed by atoms with Crippen LogP contribution in [0.5, 0.6) is 0 Å². The first-order chi connectivity index (χ1) is 12.0. The summed E-state index contributed by atoms with van der Waals surface area (Å²) in [7, 11) is 1.65. The van der Waals surface area contributed by atoms with Crippen LogP contribution in [0.2, 0.25) is 0 Å². The molecule has 0 bridgehead atoms. The molecular formula is C17H19N3O5. The minimum atomic E-state index is -0.685. The SMILES string of the molecule is Cn1c(=O)n(C2CCC(=O)NC2=O)c2ccc(CCOCC=O)cc21. The number of benzene rings is 1. The lowest BCUT2D eigenvalue weighted by atomic mass is 10.1. The van der Waals surface area contributed by atoms with Crippen LogP contribution in [-0.4, -0.2) is 40.4 Å². The van der Waals surface area contributed by atoms with Crippen LogP contribution < -0.4 is 11.0 Å². The van der Waals surface area contributed by atoms with Gasteiger partial charge in [0.25, 0.3) is 0 Å². The maximum absolute atomic E-state index is 12.6. The first-order valence-corrected chi connectivity index (χ1v) is 8.08. The van der Waals surface area contributed by atoms with E-state index in [2.05, 4.69) is 5.32 Å². The number of nitrogens with one attached hydrogen (secondary N) is 1. The number of imidazole rings is 1. The van der Waals surface area contributed by atoms with E-state index in [0.717, 1.165) is 5.56 Å². The number of rotatable bonds is 6. The Hall–Kier alpha value is -2.74. The maximum Gasteiger partial charge on any atom is 0.329 e. The Morgan fingerprint density at radius 1 is 1.28 bits per heavy atom. The van der Waals surface area contributed by atoms with E-state index in [0.29, 0.717) is 36.8 Å². The molecule has 0 radical (unpaired) electrons. The first kappa shape index (κ1) is 17.1. The molecule has 1 atom stereocenters. The molecule has 1 saturated heterocycles. The summed E-state index contributed by atoms with van der Waals surface area (Å²) < 4.78 is 8.09. The number of fused-ring (bicyclic) bond motifs is 1. The Morgan fingerprint density at radius 3 is 2.80 bits per heavy atom. The smallest absolute Gasteiger partial charge is 0.329 e. The van der Waals surface area contributed by atoms with Gasteiger partial charge in [-0.3, -0.25) is 24.0 Å². The zero-order valence-corrected chi connectivity index (χ0v) is 13.9. The number of amides is 2. The zero-order chi connectivity index (χ0) is 18.0. The fraction of sp³-hybridized carbons (Fsp3) is 0.412. The van der Waals surface area contributed by atoms with Crippen molar-refractivity contribution >= 4 is 29.1 Å². The van der Waals surface area contributed by atoms with Crippen LogP contribution in [0.25, 0.3) is 11.0 Å². The van der Waals surface area contributed by atoms with Crippen LogP contribution in [0.3, 0.4) is 0 Å². The minimum absolute atomic E-state index is 0.0621. The molecule has 3 rings (SSSR count). The maximum atomic E-state index is 12.6. The summed E-state index contributed by atoms with van der Waals surface area (Å²) in [6.07, 6.45) is 1.84. The Bertz CT molecular complexity index is 896. The number of ether oxygens (including phenoxy) is 1. The Balaban J connectivity index is 1.94. The third-order valence-corrected chi connectivity index (χ3v) is 4.40. The molecule has 2 heterocycles. The molecule has 1 aliphatic heterocycles. The summed E-state index contributed by atoms with van der Waals surface area (Å²) in [4.78, 5) is 46.3. The highest BCUT2D eigenvalue weighted by Gasteiger charge is 2.31. The number of hydrogen-bond donors (Lipinski definition) is 1. The molecule has 1 unspecified atom stereocenters. The highest BCUT2D eigenvalue weighted by molar-refractivity contribution is 6.00. The second kappa shape index (κ2) is 7.02. The summed E-state index contributed by atoms with van der Waals surface area (Å²) in [6.45, 7) is 0.471. The molecular weight excluding hydrogens is 326 g/mol. The Morgan fingerprint density at radius 2 is 2.08 bits per heavy atom. The number of imide groups is 1. The second-order valence-corrected chi connectivity index (χ2v) is 5.99. The van der Waals surface area contributed by atoms with Crippen molar-refractivity contribution < 1.29 is 19.1 Å². The topological polar surface area (TPSA) is 99.4 Å². The van der Waals surface area contributed by atoms with Gasteiger partial charge < -0.3 is 9.53 Å². The van der Waals surface area contributed by atoms with Gasteiger partial charge in [0, 0.05) is 13.5 Å². The number of carbonyl (C=O) groups excluding carboxylic acids is 3. The normalized spacial score (nSPS) is 17.7.